The number of nitriles is 1. The maximum absolute atomic E-state index is 11.5. The van der Waals surface area contributed by atoms with Gasteiger partial charge >= 0.3 is 0 Å². The first-order chi connectivity index (χ1) is 8.76. The van der Waals surface area contributed by atoms with Crippen LogP contribution in [-0.4, -0.2) is 30.5 Å². The molecule has 5 nitrogen and oxygen atoms in total. The van der Waals surface area contributed by atoms with Gasteiger partial charge in [-0.05, 0) is 25.0 Å². The molecule has 1 amide bonds. The number of carbonyl (C=O) groups excluding carboxylic acids is 1. The highest BCUT2D eigenvalue weighted by Crippen LogP contribution is 2.31. The Morgan fingerprint density at radius 1 is 1.67 bits per heavy atom. The van der Waals surface area contributed by atoms with Gasteiger partial charge in [-0.3, -0.25) is 9.78 Å². The summed E-state index contributed by atoms with van der Waals surface area (Å²) in [5.41, 5.74) is 1.39. The molecule has 1 saturated carbocycles. The van der Waals surface area contributed by atoms with Crippen molar-refractivity contribution >= 4 is 11.6 Å². The topological polar surface area (TPSA) is 69.0 Å². The lowest BCUT2D eigenvalue weighted by Crippen LogP contribution is -2.27. The zero-order valence-electron chi connectivity index (χ0n) is 10.4. The summed E-state index contributed by atoms with van der Waals surface area (Å²) in [6.07, 6.45) is 4.45. The Labute approximate surface area is 106 Å². The number of rotatable bonds is 5. The highest BCUT2D eigenvalue weighted by atomic mass is 16.1. The summed E-state index contributed by atoms with van der Waals surface area (Å²) in [6, 6.07) is 6.35. The lowest BCUT2D eigenvalue weighted by atomic mass is 10.2. The third kappa shape index (κ3) is 2.77. The smallest absolute Gasteiger partial charge is 0.269 e. The van der Waals surface area contributed by atoms with E-state index in [0.29, 0.717) is 24.7 Å². The molecule has 0 spiro atoms. The van der Waals surface area contributed by atoms with Crippen LogP contribution in [0.25, 0.3) is 0 Å². The molecule has 1 aliphatic carbocycles. The van der Waals surface area contributed by atoms with Crippen LogP contribution in [0.2, 0.25) is 0 Å². The van der Waals surface area contributed by atoms with Crippen LogP contribution in [0.4, 0.5) is 5.69 Å². The van der Waals surface area contributed by atoms with Crippen LogP contribution in [0.5, 0.6) is 0 Å². The van der Waals surface area contributed by atoms with E-state index in [1.807, 2.05) is 6.07 Å². The van der Waals surface area contributed by atoms with E-state index in [9.17, 15) is 4.79 Å². The number of pyridine rings is 1. The number of aromatic nitrogens is 1. The van der Waals surface area contributed by atoms with Crippen molar-refractivity contribution in [2.24, 2.45) is 0 Å². The summed E-state index contributed by atoms with van der Waals surface area (Å²) in [5, 5.41) is 11.3. The van der Waals surface area contributed by atoms with E-state index < -0.39 is 0 Å². The van der Waals surface area contributed by atoms with E-state index in [1.165, 1.54) is 0 Å². The zero-order valence-corrected chi connectivity index (χ0v) is 10.4. The predicted octanol–water partition coefficient (Wildman–Crippen LogP) is 1.32. The summed E-state index contributed by atoms with van der Waals surface area (Å²) in [6.45, 7) is 0.707. The Hall–Kier alpha value is -2.09. The number of hydrogen-bond acceptors (Lipinski definition) is 4. The quantitative estimate of drug-likeness (QED) is 0.848. The fraction of sp³-hybridized carbons (Fsp3) is 0.462. The molecule has 0 saturated heterocycles. The molecule has 94 valence electrons. The van der Waals surface area contributed by atoms with Gasteiger partial charge in [0.1, 0.15) is 5.69 Å². The maximum Gasteiger partial charge on any atom is 0.269 e. The Morgan fingerprint density at radius 3 is 3.06 bits per heavy atom. The largest absolute Gasteiger partial charge is 0.367 e. The van der Waals surface area contributed by atoms with Crippen LogP contribution in [0.3, 0.4) is 0 Å². The Kier molecular flexibility index (Phi) is 3.78. The molecule has 2 rings (SSSR count). The standard InChI is InChI=1S/C13H16N4O/c1-15-13(18)12-9-11(5-7-16-12)17(8-2-6-14)10-3-4-10/h5,7,9-10H,2-4,8H2,1H3,(H,15,18). The van der Waals surface area contributed by atoms with Gasteiger partial charge in [-0.15, -0.1) is 0 Å². The molecule has 0 atom stereocenters. The number of nitrogens with zero attached hydrogens (tertiary/aromatic N) is 3. The molecule has 5 heteroatoms. The molecule has 1 aromatic rings. The molecule has 0 aliphatic heterocycles. The SMILES string of the molecule is CNC(=O)c1cc(N(CCC#N)C2CC2)ccn1. The highest BCUT2D eigenvalue weighted by Gasteiger charge is 2.29. The summed E-state index contributed by atoms with van der Waals surface area (Å²) < 4.78 is 0. The van der Waals surface area contributed by atoms with Gasteiger partial charge in [0.25, 0.3) is 5.91 Å². The Bertz CT molecular complexity index is 476. The van der Waals surface area contributed by atoms with Gasteiger partial charge in [-0.25, -0.2) is 0 Å². The maximum atomic E-state index is 11.5. The molecular formula is C13H16N4O. The highest BCUT2D eigenvalue weighted by molar-refractivity contribution is 5.92. The van der Waals surface area contributed by atoms with Gasteiger partial charge in [0.2, 0.25) is 0 Å². The minimum atomic E-state index is -0.187. The monoisotopic (exact) mass is 244 g/mol. The van der Waals surface area contributed by atoms with Gasteiger partial charge in [0.15, 0.2) is 0 Å². The van der Waals surface area contributed by atoms with Crippen molar-refractivity contribution in [1.29, 1.82) is 5.26 Å². The lowest BCUT2D eigenvalue weighted by molar-refractivity contribution is 0.0958. The second-order valence-corrected chi connectivity index (χ2v) is 4.31. The van der Waals surface area contributed by atoms with Crippen LogP contribution in [0.15, 0.2) is 18.3 Å². The van der Waals surface area contributed by atoms with Crippen LogP contribution < -0.4 is 10.2 Å². The molecule has 0 bridgehead atoms. The van der Waals surface area contributed by atoms with E-state index in [2.05, 4.69) is 21.3 Å². The zero-order chi connectivity index (χ0) is 13.0. The normalized spacial score (nSPS) is 13.8. The lowest BCUT2D eigenvalue weighted by Gasteiger charge is -2.23. The molecule has 0 radical (unpaired) electrons. The number of amides is 1. The third-order valence-corrected chi connectivity index (χ3v) is 2.99. The Morgan fingerprint density at radius 2 is 2.44 bits per heavy atom. The number of carbonyl (C=O) groups is 1. The average Bonchev–Trinajstić information content (AvgIpc) is 3.23. The fourth-order valence-electron chi connectivity index (χ4n) is 1.93. The van der Waals surface area contributed by atoms with E-state index in [0.717, 1.165) is 18.5 Å². The van der Waals surface area contributed by atoms with Crippen molar-refractivity contribution in [3.05, 3.63) is 24.0 Å². The number of nitrogens with one attached hydrogen (secondary N) is 1. The molecule has 1 N–H and O–H groups in total. The van der Waals surface area contributed by atoms with Crippen LogP contribution >= 0.6 is 0 Å². The molecule has 1 fully saturated rings. The fourth-order valence-corrected chi connectivity index (χ4v) is 1.93. The third-order valence-electron chi connectivity index (χ3n) is 2.99. The van der Waals surface area contributed by atoms with Crippen molar-refractivity contribution in [3.8, 4) is 6.07 Å². The minimum Gasteiger partial charge on any atom is -0.367 e. The van der Waals surface area contributed by atoms with Crippen molar-refractivity contribution in [3.63, 3.8) is 0 Å². The van der Waals surface area contributed by atoms with E-state index in [1.54, 1.807) is 19.3 Å². The molecular weight excluding hydrogens is 228 g/mol. The first-order valence-electron chi connectivity index (χ1n) is 6.08. The van der Waals surface area contributed by atoms with Crippen LogP contribution in [0.1, 0.15) is 29.8 Å². The summed E-state index contributed by atoms with van der Waals surface area (Å²) in [4.78, 5) is 17.8. The van der Waals surface area contributed by atoms with Crippen molar-refractivity contribution in [2.45, 2.75) is 25.3 Å². The number of anilines is 1. The van der Waals surface area contributed by atoms with Crippen molar-refractivity contribution < 1.29 is 4.79 Å². The first kappa shape index (κ1) is 12.4. The molecule has 1 aromatic heterocycles. The second kappa shape index (κ2) is 5.50. The van der Waals surface area contributed by atoms with E-state index >= 15 is 0 Å². The molecule has 0 aromatic carbocycles. The molecule has 1 heterocycles. The average molecular weight is 244 g/mol. The van der Waals surface area contributed by atoms with Gasteiger partial charge in [0.05, 0.1) is 12.5 Å². The van der Waals surface area contributed by atoms with E-state index in [-0.39, 0.29) is 5.91 Å². The van der Waals surface area contributed by atoms with Crippen molar-refractivity contribution in [1.82, 2.24) is 10.3 Å². The van der Waals surface area contributed by atoms with Crippen LogP contribution in [-0.2, 0) is 0 Å². The molecule has 18 heavy (non-hydrogen) atoms. The summed E-state index contributed by atoms with van der Waals surface area (Å²) >= 11 is 0. The molecule has 0 unspecified atom stereocenters. The van der Waals surface area contributed by atoms with Gasteiger partial charge in [-0.1, -0.05) is 0 Å². The van der Waals surface area contributed by atoms with Gasteiger partial charge in [0, 0.05) is 31.5 Å². The number of hydrogen-bond donors (Lipinski definition) is 1. The van der Waals surface area contributed by atoms with E-state index in [4.69, 9.17) is 5.26 Å². The van der Waals surface area contributed by atoms with Crippen molar-refractivity contribution in [2.75, 3.05) is 18.5 Å². The summed E-state index contributed by atoms with van der Waals surface area (Å²) in [5.74, 6) is -0.187. The van der Waals surface area contributed by atoms with Crippen LogP contribution in [0, 0.1) is 11.3 Å². The van der Waals surface area contributed by atoms with Gasteiger partial charge < -0.3 is 10.2 Å². The summed E-state index contributed by atoms with van der Waals surface area (Å²) in [7, 11) is 1.59. The predicted molar refractivity (Wildman–Crippen MR) is 68.2 cm³/mol. The first-order valence-corrected chi connectivity index (χ1v) is 6.08. The Balaban J connectivity index is 2.19. The second-order valence-electron chi connectivity index (χ2n) is 4.31. The molecule has 1 aliphatic rings. The van der Waals surface area contributed by atoms with Gasteiger partial charge in [-0.2, -0.15) is 5.26 Å². The minimum absolute atomic E-state index is 0.187.